The molecule has 2 bridgehead atoms. The van der Waals surface area contributed by atoms with Crippen LogP contribution < -0.4 is 16.0 Å². The van der Waals surface area contributed by atoms with Crippen molar-refractivity contribution >= 4 is 40.8 Å². The predicted molar refractivity (Wildman–Crippen MR) is 162 cm³/mol. The number of benzene rings is 2. The predicted octanol–water partition coefficient (Wildman–Crippen LogP) is 6.10. The van der Waals surface area contributed by atoms with Crippen molar-refractivity contribution in [3.63, 3.8) is 0 Å². The zero-order valence-corrected chi connectivity index (χ0v) is 24.9. The molecule has 4 aliphatic rings. The number of rotatable bonds is 6. The number of piperazine rings is 1. The minimum atomic E-state index is -0.102. The molecule has 6 rings (SSSR count). The smallest absolute Gasteiger partial charge is 0.251 e. The van der Waals surface area contributed by atoms with Gasteiger partial charge in [0.1, 0.15) is 0 Å². The van der Waals surface area contributed by atoms with Gasteiger partial charge < -0.3 is 20.9 Å². The van der Waals surface area contributed by atoms with Gasteiger partial charge in [0.15, 0.2) is 5.96 Å². The van der Waals surface area contributed by atoms with Crippen molar-refractivity contribution in [2.75, 3.05) is 31.5 Å². The lowest BCUT2D eigenvalue weighted by Crippen LogP contribution is -2.57. The first-order valence-corrected chi connectivity index (χ1v) is 15.0. The summed E-state index contributed by atoms with van der Waals surface area (Å²) in [4.78, 5) is 20.5. The number of carbonyl (C=O) groups excluding carboxylic acids is 1. The monoisotopic (exact) mass is 569 g/mol. The molecule has 5 atom stereocenters. The number of amides is 1. The number of halogens is 2. The minimum Gasteiger partial charge on any atom is -0.352 e. The van der Waals surface area contributed by atoms with Crippen molar-refractivity contribution < 1.29 is 4.79 Å². The van der Waals surface area contributed by atoms with E-state index in [-0.39, 0.29) is 5.91 Å². The molecule has 3 aliphatic carbocycles. The Bertz CT molecular complexity index is 1210. The number of nitrogens with zero attached hydrogens (tertiary/aromatic N) is 2. The zero-order valence-electron chi connectivity index (χ0n) is 23.4. The maximum atomic E-state index is 12.8. The van der Waals surface area contributed by atoms with E-state index in [1.54, 1.807) is 6.07 Å². The molecule has 3 N–H and O–H groups in total. The Morgan fingerprint density at radius 2 is 1.90 bits per heavy atom. The summed E-state index contributed by atoms with van der Waals surface area (Å²) in [5, 5.41) is 11.4. The van der Waals surface area contributed by atoms with Crippen LogP contribution in [0, 0.1) is 23.2 Å². The molecular formula is C31H41Cl2N5O. The van der Waals surface area contributed by atoms with Crippen molar-refractivity contribution in [3.05, 3.63) is 63.6 Å². The van der Waals surface area contributed by atoms with Crippen LogP contribution in [0.1, 0.15) is 56.5 Å². The molecule has 210 valence electrons. The van der Waals surface area contributed by atoms with Crippen LogP contribution in [0.25, 0.3) is 0 Å². The molecule has 8 heteroatoms. The Balaban J connectivity index is 1.24. The van der Waals surface area contributed by atoms with Crippen molar-refractivity contribution in [3.8, 4) is 0 Å². The van der Waals surface area contributed by atoms with Crippen LogP contribution in [0.2, 0.25) is 10.0 Å². The van der Waals surface area contributed by atoms with E-state index in [1.165, 1.54) is 6.42 Å². The van der Waals surface area contributed by atoms with Gasteiger partial charge in [-0.2, -0.15) is 0 Å². The summed E-state index contributed by atoms with van der Waals surface area (Å²) < 4.78 is 0. The Hall–Kier alpha value is -2.28. The van der Waals surface area contributed by atoms with Crippen LogP contribution in [-0.4, -0.2) is 55.0 Å². The summed E-state index contributed by atoms with van der Waals surface area (Å²) in [5.41, 5.74) is 2.97. The maximum absolute atomic E-state index is 12.8. The van der Waals surface area contributed by atoms with E-state index in [4.69, 9.17) is 28.2 Å². The van der Waals surface area contributed by atoms with Crippen molar-refractivity contribution in [2.24, 2.45) is 28.2 Å². The standard InChI is InChI=1S/C31H41Cl2N5O/c1-19-18-38(14-13-34-19)30(37-28-16-23-15-26(20(28)2)31(23,3)4)36-25-9-6-22(7-10-25)29(39)35-12-11-21-5-8-24(32)17-27(21)33/h5-10,17,19-20,23,26,28,34H,11-16,18H2,1-4H3,(H,35,39)(H,36,37)/t19-,20-,23+,26+,28-/m0/s1. The maximum Gasteiger partial charge on any atom is 0.251 e. The van der Waals surface area contributed by atoms with Gasteiger partial charge >= 0.3 is 0 Å². The van der Waals surface area contributed by atoms with Gasteiger partial charge in [0.05, 0.1) is 6.04 Å². The number of carbonyl (C=O) groups is 1. The molecule has 6 nitrogen and oxygen atoms in total. The van der Waals surface area contributed by atoms with Gasteiger partial charge in [-0.15, -0.1) is 0 Å². The number of anilines is 1. The van der Waals surface area contributed by atoms with Crippen molar-refractivity contribution in [1.29, 1.82) is 0 Å². The fourth-order valence-corrected chi connectivity index (χ4v) is 7.24. The third-order valence-electron chi connectivity index (χ3n) is 9.37. The van der Waals surface area contributed by atoms with E-state index < -0.39 is 0 Å². The molecular weight excluding hydrogens is 529 g/mol. The van der Waals surface area contributed by atoms with Gasteiger partial charge in [0.25, 0.3) is 5.91 Å². The largest absolute Gasteiger partial charge is 0.352 e. The van der Waals surface area contributed by atoms with Gasteiger partial charge in [-0.1, -0.05) is 50.0 Å². The van der Waals surface area contributed by atoms with Gasteiger partial charge in [0, 0.05) is 53.5 Å². The van der Waals surface area contributed by atoms with Crippen LogP contribution in [0.15, 0.2) is 47.5 Å². The van der Waals surface area contributed by atoms with Crippen LogP contribution in [0.3, 0.4) is 0 Å². The second-order valence-corrected chi connectivity index (χ2v) is 13.1. The molecule has 1 aliphatic heterocycles. The molecule has 1 saturated heterocycles. The number of nitrogens with one attached hydrogen (secondary N) is 3. The van der Waals surface area contributed by atoms with Crippen LogP contribution >= 0.6 is 23.2 Å². The number of aliphatic imine (C=N–C) groups is 1. The number of fused-ring (bicyclic) bond motifs is 2. The van der Waals surface area contributed by atoms with Gasteiger partial charge in [-0.05, 0) is 91.3 Å². The highest BCUT2D eigenvalue weighted by Gasteiger charge is 2.56. The third-order valence-corrected chi connectivity index (χ3v) is 9.96. The molecule has 0 radical (unpaired) electrons. The Morgan fingerprint density at radius 1 is 1.13 bits per heavy atom. The highest BCUT2D eigenvalue weighted by molar-refractivity contribution is 6.35. The van der Waals surface area contributed by atoms with E-state index in [9.17, 15) is 4.79 Å². The summed E-state index contributed by atoms with van der Waals surface area (Å²) in [5.74, 6) is 2.95. The van der Waals surface area contributed by atoms with Gasteiger partial charge in [-0.3, -0.25) is 4.79 Å². The lowest BCUT2D eigenvalue weighted by Gasteiger charge is -2.61. The molecule has 2 aromatic carbocycles. The summed E-state index contributed by atoms with van der Waals surface area (Å²) in [7, 11) is 0. The molecule has 1 amide bonds. The van der Waals surface area contributed by atoms with Crippen molar-refractivity contribution in [2.45, 2.75) is 59.0 Å². The fourth-order valence-electron chi connectivity index (χ4n) is 6.74. The third kappa shape index (κ3) is 6.23. The van der Waals surface area contributed by atoms with Crippen LogP contribution in [0.4, 0.5) is 5.69 Å². The van der Waals surface area contributed by atoms with Crippen LogP contribution in [0.5, 0.6) is 0 Å². The quantitative estimate of drug-likeness (QED) is 0.290. The van der Waals surface area contributed by atoms with Crippen LogP contribution in [-0.2, 0) is 6.42 Å². The zero-order chi connectivity index (χ0) is 27.7. The lowest BCUT2D eigenvalue weighted by molar-refractivity contribution is -0.108. The minimum absolute atomic E-state index is 0.102. The van der Waals surface area contributed by atoms with Gasteiger partial charge in [-0.25, -0.2) is 4.99 Å². The summed E-state index contributed by atoms with van der Waals surface area (Å²) in [6, 6.07) is 13.9. The number of hydrogen-bond donors (Lipinski definition) is 3. The summed E-state index contributed by atoms with van der Waals surface area (Å²) in [6.07, 6.45) is 3.16. The second kappa shape index (κ2) is 11.7. The molecule has 1 heterocycles. The summed E-state index contributed by atoms with van der Waals surface area (Å²) >= 11 is 12.2. The Kier molecular flexibility index (Phi) is 8.46. The molecule has 0 unspecified atom stereocenters. The average Bonchev–Trinajstić information content (AvgIpc) is 2.90. The summed E-state index contributed by atoms with van der Waals surface area (Å²) in [6.45, 7) is 12.8. The van der Waals surface area contributed by atoms with E-state index >= 15 is 0 Å². The first-order valence-electron chi connectivity index (χ1n) is 14.3. The highest BCUT2D eigenvalue weighted by Crippen LogP contribution is 2.61. The first kappa shape index (κ1) is 28.3. The molecule has 0 aromatic heterocycles. The van der Waals surface area contributed by atoms with Crippen molar-refractivity contribution in [1.82, 2.24) is 15.5 Å². The second-order valence-electron chi connectivity index (χ2n) is 12.2. The SMILES string of the molecule is C[C@@H]1[C@@H](N=C(Nc2ccc(C(=O)NCCc3ccc(Cl)cc3Cl)cc2)N2CCN[C@@H](C)C2)C[C@H]2C[C@H]1C2(C)C. The van der Waals surface area contributed by atoms with E-state index in [1.807, 2.05) is 36.4 Å². The molecule has 39 heavy (non-hydrogen) atoms. The fraction of sp³-hybridized carbons (Fsp3) is 0.548. The lowest BCUT2D eigenvalue weighted by atomic mass is 9.45. The average molecular weight is 571 g/mol. The Labute approximate surface area is 242 Å². The van der Waals surface area contributed by atoms with E-state index in [0.717, 1.165) is 55.1 Å². The van der Waals surface area contributed by atoms with E-state index in [2.05, 4.69) is 48.5 Å². The number of hydrogen-bond acceptors (Lipinski definition) is 3. The highest BCUT2D eigenvalue weighted by atomic mass is 35.5. The topological polar surface area (TPSA) is 68.8 Å². The molecule has 0 spiro atoms. The normalized spacial score (nSPS) is 28.0. The molecule has 3 saturated carbocycles. The van der Waals surface area contributed by atoms with Gasteiger partial charge in [0.2, 0.25) is 0 Å². The number of guanidine groups is 1. The molecule has 2 aromatic rings. The Morgan fingerprint density at radius 3 is 2.56 bits per heavy atom. The van der Waals surface area contributed by atoms with E-state index in [0.29, 0.717) is 52.0 Å². The first-order chi connectivity index (χ1) is 18.6. The molecule has 4 fully saturated rings.